The first-order valence-electron chi connectivity index (χ1n) is 17.1. The molecule has 0 aromatic carbocycles. The van der Waals surface area contributed by atoms with Gasteiger partial charge in [-0.25, -0.2) is 5.16 Å². The van der Waals surface area contributed by atoms with Crippen LogP contribution in [-0.4, -0.2) is 5.71 Å². The summed E-state index contributed by atoms with van der Waals surface area (Å²) in [5.74, 6) is 0. The van der Waals surface area contributed by atoms with Gasteiger partial charge in [0.2, 0.25) is 0 Å². The monoisotopic (exact) mass is 508 g/mol. The van der Waals surface area contributed by atoms with Gasteiger partial charge in [-0.15, -0.1) is 0 Å². The second-order valence-corrected chi connectivity index (χ2v) is 11.8. The average Bonchev–Trinajstić information content (AvgIpc) is 2.89. The lowest BCUT2D eigenvalue weighted by Gasteiger charge is -2.05. The van der Waals surface area contributed by atoms with Crippen LogP contribution in [0.2, 0.25) is 0 Å². The number of hydrogen-bond donors (Lipinski definition) is 1. The van der Waals surface area contributed by atoms with Gasteiger partial charge >= 0.3 is 0 Å². The van der Waals surface area contributed by atoms with Crippen LogP contribution in [-0.2, 0) is 0 Å². The van der Waals surface area contributed by atoms with Crippen LogP contribution in [0.4, 0.5) is 0 Å². The van der Waals surface area contributed by atoms with Gasteiger partial charge in [0.1, 0.15) is 0 Å². The van der Waals surface area contributed by atoms with Crippen LogP contribution in [0, 0.1) is 5.21 Å². The largest absolute Gasteiger partial charge is 0.625 e. The molecule has 0 saturated heterocycles. The number of hydrogen-bond acceptors (Lipinski definition) is 1. The molecule has 0 rings (SSSR count). The maximum atomic E-state index is 11.3. The quantitative estimate of drug-likeness (QED) is 0.0430. The summed E-state index contributed by atoms with van der Waals surface area (Å²) in [6.07, 6.45) is 42.5. The Kier molecular flexibility index (Phi) is 32.0. The third kappa shape index (κ3) is 29.7. The summed E-state index contributed by atoms with van der Waals surface area (Å²) in [7, 11) is 0. The van der Waals surface area contributed by atoms with E-state index in [1.165, 1.54) is 186 Å². The fourth-order valence-corrected chi connectivity index (χ4v) is 5.47. The molecule has 0 bridgehead atoms. The minimum Gasteiger partial charge on any atom is -0.625 e. The minimum absolute atomic E-state index is 1.00. The van der Waals surface area contributed by atoms with Gasteiger partial charge in [0.15, 0.2) is 5.71 Å². The second kappa shape index (κ2) is 32.5. The van der Waals surface area contributed by atoms with Crippen molar-refractivity contribution in [2.75, 3.05) is 0 Å². The summed E-state index contributed by atoms with van der Waals surface area (Å²) in [6, 6.07) is 0. The molecule has 0 aromatic rings. The molecule has 216 valence electrons. The molecule has 1 N–H and O–H groups in total. The van der Waals surface area contributed by atoms with E-state index in [0.29, 0.717) is 0 Å². The van der Waals surface area contributed by atoms with Gasteiger partial charge in [-0.1, -0.05) is 187 Å². The smallest absolute Gasteiger partial charge is 0.161 e. The van der Waals surface area contributed by atoms with E-state index >= 15 is 0 Å². The van der Waals surface area contributed by atoms with E-state index in [-0.39, 0.29) is 0 Å². The molecule has 0 fully saturated rings. The molecule has 2 nitrogen and oxygen atoms in total. The first-order valence-corrected chi connectivity index (χ1v) is 17.1. The van der Waals surface area contributed by atoms with Crippen molar-refractivity contribution in [3.05, 3.63) is 5.21 Å². The SMILES string of the molecule is CCCCCCCCCCCCCCCCCCC(CCCCCCCCCCCCCCC)=[NH+][O-]. The molecule has 36 heavy (non-hydrogen) atoms. The molecule has 0 aliphatic carbocycles. The van der Waals surface area contributed by atoms with Crippen molar-refractivity contribution in [1.82, 2.24) is 0 Å². The highest BCUT2D eigenvalue weighted by molar-refractivity contribution is 5.78. The van der Waals surface area contributed by atoms with Crippen LogP contribution < -0.4 is 5.16 Å². The summed E-state index contributed by atoms with van der Waals surface area (Å²) in [5.41, 5.74) is 1.06. The molecule has 0 unspecified atom stereocenters. The Morgan fingerprint density at radius 2 is 0.528 bits per heavy atom. The van der Waals surface area contributed by atoms with Crippen molar-refractivity contribution in [2.45, 2.75) is 213 Å². The van der Waals surface area contributed by atoms with Gasteiger partial charge in [0, 0.05) is 12.8 Å². The maximum absolute atomic E-state index is 11.3. The van der Waals surface area contributed by atoms with Crippen molar-refractivity contribution in [3.8, 4) is 0 Å². The molecular weight excluding hydrogens is 438 g/mol. The summed E-state index contributed by atoms with van der Waals surface area (Å²) in [5, 5.41) is 13.5. The lowest BCUT2D eigenvalue weighted by Crippen LogP contribution is -2.65. The summed E-state index contributed by atoms with van der Waals surface area (Å²) in [4.78, 5) is 0. The van der Waals surface area contributed by atoms with Crippen molar-refractivity contribution < 1.29 is 5.16 Å². The van der Waals surface area contributed by atoms with Gasteiger partial charge in [0.05, 0.1) is 0 Å². The van der Waals surface area contributed by atoms with Gasteiger partial charge in [0.25, 0.3) is 0 Å². The van der Waals surface area contributed by atoms with Crippen LogP contribution in [0.3, 0.4) is 0 Å². The maximum Gasteiger partial charge on any atom is 0.161 e. The molecule has 0 amide bonds. The Bertz CT molecular complexity index is 419. The topological polar surface area (TPSA) is 37.0 Å². The van der Waals surface area contributed by atoms with Gasteiger partial charge < -0.3 is 5.21 Å². The van der Waals surface area contributed by atoms with Crippen molar-refractivity contribution in [1.29, 1.82) is 0 Å². The molecule has 0 radical (unpaired) electrons. The van der Waals surface area contributed by atoms with E-state index < -0.39 is 0 Å². The highest BCUT2D eigenvalue weighted by Crippen LogP contribution is 2.15. The molecule has 0 spiro atoms. The minimum atomic E-state index is 1.00. The molecule has 0 atom stereocenters. The normalized spacial score (nSPS) is 12.0. The van der Waals surface area contributed by atoms with E-state index in [0.717, 1.165) is 18.6 Å². The molecule has 0 heterocycles. The summed E-state index contributed by atoms with van der Waals surface area (Å²) >= 11 is 0. The lowest BCUT2D eigenvalue weighted by atomic mass is 10.0. The Morgan fingerprint density at radius 3 is 0.722 bits per heavy atom. The zero-order valence-corrected chi connectivity index (χ0v) is 25.3. The van der Waals surface area contributed by atoms with Gasteiger partial charge in [-0.3, -0.25) is 0 Å². The average molecular weight is 508 g/mol. The van der Waals surface area contributed by atoms with Crippen LogP contribution in [0.1, 0.15) is 213 Å². The molecule has 0 aliphatic heterocycles. The van der Waals surface area contributed by atoms with Gasteiger partial charge in [-0.2, -0.15) is 0 Å². The third-order valence-corrected chi connectivity index (χ3v) is 8.06. The zero-order valence-electron chi connectivity index (χ0n) is 25.3. The molecular formula is C34H69NO. The Morgan fingerprint density at radius 1 is 0.333 bits per heavy atom. The summed E-state index contributed by atoms with van der Waals surface area (Å²) < 4.78 is 0. The Labute approximate surface area is 228 Å². The molecule has 0 saturated carbocycles. The van der Waals surface area contributed by atoms with Crippen LogP contribution in [0.25, 0.3) is 0 Å². The van der Waals surface area contributed by atoms with E-state index in [2.05, 4.69) is 19.0 Å². The fourth-order valence-electron chi connectivity index (χ4n) is 5.47. The lowest BCUT2D eigenvalue weighted by molar-refractivity contribution is -0.376. The highest BCUT2D eigenvalue weighted by atomic mass is 16.4. The molecule has 0 aromatic heterocycles. The van der Waals surface area contributed by atoms with Gasteiger partial charge in [-0.05, 0) is 12.8 Å². The molecule has 0 aliphatic rings. The summed E-state index contributed by atoms with van der Waals surface area (Å²) in [6.45, 7) is 4.58. The first kappa shape index (κ1) is 35.5. The van der Waals surface area contributed by atoms with Crippen molar-refractivity contribution in [2.24, 2.45) is 0 Å². The first-order chi connectivity index (χ1) is 17.8. The van der Waals surface area contributed by atoms with Crippen LogP contribution in [0.5, 0.6) is 0 Å². The predicted octanol–water partition coefficient (Wildman–Crippen LogP) is 11.1. The van der Waals surface area contributed by atoms with Crippen LogP contribution >= 0.6 is 0 Å². The fraction of sp³-hybridized carbons (Fsp3) is 0.971. The van der Waals surface area contributed by atoms with Crippen LogP contribution in [0.15, 0.2) is 0 Å². The zero-order chi connectivity index (χ0) is 26.2. The standard InChI is InChI=1S/C34H69NO/c1-3-5-7-9-11-13-15-17-18-19-21-23-25-27-29-31-33-34(35-36)32-30-28-26-24-22-20-16-14-12-10-8-6-4-2/h35H,3-33H2,1-2H3. The predicted molar refractivity (Wildman–Crippen MR) is 164 cm³/mol. The Hall–Kier alpha value is -0.530. The number of unbranched alkanes of at least 4 members (excludes halogenated alkanes) is 27. The third-order valence-electron chi connectivity index (χ3n) is 8.06. The number of nitrogens with one attached hydrogen (secondary N) is 1. The second-order valence-electron chi connectivity index (χ2n) is 11.8. The van der Waals surface area contributed by atoms with E-state index in [1.54, 1.807) is 0 Å². The van der Waals surface area contributed by atoms with Crippen molar-refractivity contribution in [3.63, 3.8) is 0 Å². The highest BCUT2D eigenvalue weighted by Gasteiger charge is 2.04. The van der Waals surface area contributed by atoms with E-state index in [9.17, 15) is 5.21 Å². The van der Waals surface area contributed by atoms with Crippen molar-refractivity contribution >= 4 is 5.71 Å². The Balaban J connectivity index is 3.27. The van der Waals surface area contributed by atoms with E-state index in [4.69, 9.17) is 0 Å². The number of rotatable bonds is 31. The molecule has 2 heteroatoms. The van der Waals surface area contributed by atoms with E-state index in [1.807, 2.05) is 0 Å².